The van der Waals surface area contributed by atoms with Crippen molar-refractivity contribution in [2.24, 2.45) is 0 Å². The zero-order chi connectivity index (χ0) is 13.2. The SMILES string of the molecule is O=C1CCCC(=O)N1CCc1nc2ccccc2[nH]1. The molecule has 0 spiro atoms. The largest absolute Gasteiger partial charge is 0.342 e. The van der Waals surface area contributed by atoms with Crippen LogP contribution in [0.3, 0.4) is 0 Å². The number of carbonyl (C=O) groups is 2. The van der Waals surface area contributed by atoms with Crippen LogP contribution in [0, 0.1) is 0 Å². The summed E-state index contributed by atoms with van der Waals surface area (Å²) in [6.07, 6.45) is 2.21. The van der Waals surface area contributed by atoms with Crippen LogP contribution in [0.15, 0.2) is 24.3 Å². The van der Waals surface area contributed by atoms with E-state index in [0.29, 0.717) is 32.2 Å². The highest BCUT2D eigenvalue weighted by molar-refractivity contribution is 5.97. The lowest BCUT2D eigenvalue weighted by Crippen LogP contribution is -2.41. The Morgan fingerprint density at radius 2 is 1.89 bits per heavy atom. The van der Waals surface area contributed by atoms with Crippen LogP contribution in [0.25, 0.3) is 11.0 Å². The molecule has 1 aromatic carbocycles. The van der Waals surface area contributed by atoms with Crippen LogP contribution in [0.4, 0.5) is 0 Å². The summed E-state index contributed by atoms with van der Waals surface area (Å²) in [4.78, 5) is 32.3. The Balaban J connectivity index is 1.71. The molecule has 0 aliphatic carbocycles. The number of nitrogens with zero attached hydrogens (tertiary/aromatic N) is 2. The number of aromatic amines is 1. The number of hydrogen-bond donors (Lipinski definition) is 1. The first kappa shape index (κ1) is 11.9. The zero-order valence-corrected chi connectivity index (χ0v) is 10.6. The third-order valence-corrected chi connectivity index (χ3v) is 3.39. The van der Waals surface area contributed by atoms with Gasteiger partial charge in [0.1, 0.15) is 5.82 Å². The lowest BCUT2D eigenvalue weighted by molar-refractivity contribution is -0.147. The fourth-order valence-electron chi connectivity index (χ4n) is 2.39. The number of nitrogens with one attached hydrogen (secondary N) is 1. The van der Waals surface area contributed by atoms with E-state index in [1.54, 1.807) is 0 Å². The van der Waals surface area contributed by atoms with Gasteiger partial charge in [-0.25, -0.2) is 4.98 Å². The molecule has 0 unspecified atom stereocenters. The second-order valence-corrected chi connectivity index (χ2v) is 4.74. The summed E-state index contributed by atoms with van der Waals surface area (Å²) in [5.74, 6) is 0.687. The predicted octanol–water partition coefficient (Wildman–Crippen LogP) is 1.64. The van der Waals surface area contributed by atoms with Gasteiger partial charge in [0.2, 0.25) is 11.8 Å². The molecule has 0 atom stereocenters. The third-order valence-electron chi connectivity index (χ3n) is 3.39. The van der Waals surface area contributed by atoms with E-state index >= 15 is 0 Å². The van der Waals surface area contributed by atoms with Gasteiger partial charge in [-0.1, -0.05) is 12.1 Å². The number of fused-ring (bicyclic) bond motifs is 1. The third kappa shape index (κ3) is 2.36. The Morgan fingerprint density at radius 1 is 1.16 bits per heavy atom. The predicted molar refractivity (Wildman–Crippen MR) is 70.4 cm³/mol. The summed E-state index contributed by atoms with van der Waals surface area (Å²) in [6, 6.07) is 7.78. The zero-order valence-electron chi connectivity index (χ0n) is 10.6. The molecule has 5 heteroatoms. The van der Waals surface area contributed by atoms with Crippen LogP contribution in [-0.4, -0.2) is 33.2 Å². The summed E-state index contributed by atoms with van der Waals surface area (Å²) in [7, 11) is 0. The van der Waals surface area contributed by atoms with Crippen molar-refractivity contribution in [3.8, 4) is 0 Å². The van der Waals surface area contributed by atoms with E-state index in [1.165, 1.54) is 4.90 Å². The molecule has 1 aliphatic rings. The quantitative estimate of drug-likeness (QED) is 0.850. The first-order valence-electron chi connectivity index (χ1n) is 6.51. The van der Waals surface area contributed by atoms with Crippen molar-refractivity contribution in [1.82, 2.24) is 14.9 Å². The fourth-order valence-corrected chi connectivity index (χ4v) is 2.39. The van der Waals surface area contributed by atoms with E-state index in [0.717, 1.165) is 16.9 Å². The number of aromatic nitrogens is 2. The number of imide groups is 1. The van der Waals surface area contributed by atoms with Gasteiger partial charge in [0.05, 0.1) is 11.0 Å². The number of hydrogen-bond acceptors (Lipinski definition) is 3. The molecule has 1 aromatic heterocycles. The van der Waals surface area contributed by atoms with Crippen LogP contribution < -0.4 is 0 Å². The minimum absolute atomic E-state index is 0.0626. The lowest BCUT2D eigenvalue weighted by atomic mass is 10.1. The van der Waals surface area contributed by atoms with E-state index in [4.69, 9.17) is 0 Å². The molecule has 1 saturated heterocycles. The Kier molecular flexibility index (Phi) is 3.03. The molecule has 0 bridgehead atoms. The second-order valence-electron chi connectivity index (χ2n) is 4.74. The van der Waals surface area contributed by atoms with E-state index < -0.39 is 0 Å². The molecule has 1 N–H and O–H groups in total. The van der Waals surface area contributed by atoms with E-state index in [9.17, 15) is 9.59 Å². The fraction of sp³-hybridized carbons (Fsp3) is 0.357. The van der Waals surface area contributed by atoms with Crippen LogP contribution in [-0.2, 0) is 16.0 Å². The summed E-state index contributed by atoms with van der Waals surface area (Å²) < 4.78 is 0. The number of imidazole rings is 1. The van der Waals surface area contributed by atoms with Crippen LogP contribution in [0.5, 0.6) is 0 Å². The number of H-pyrrole nitrogens is 1. The van der Waals surface area contributed by atoms with Gasteiger partial charge in [0.25, 0.3) is 0 Å². The van der Waals surface area contributed by atoms with Gasteiger partial charge in [-0.15, -0.1) is 0 Å². The summed E-state index contributed by atoms with van der Waals surface area (Å²) in [5.41, 5.74) is 1.89. The Bertz CT molecular complexity index is 583. The van der Waals surface area contributed by atoms with Crippen molar-refractivity contribution in [2.45, 2.75) is 25.7 Å². The van der Waals surface area contributed by atoms with E-state index in [2.05, 4.69) is 9.97 Å². The number of para-hydroxylation sites is 2. The molecular weight excluding hydrogens is 242 g/mol. The van der Waals surface area contributed by atoms with Crippen LogP contribution in [0.1, 0.15) is 25.1 Å². The first-order chi connectivity index (χ1) is 9.24. The monoisotopic (exact) mass is 257 g/mol. The average Bonchev–Trinajstić information content (AvgIpc) is 2.81. The van der Waals surface area contributed by atoms with Crippen molar-refractivity contribution in [1.29, 1.82) is 0 Å². The maximum Gasteiger partial charge on any atom is 0.229 e. The summed E-state index contributed by atoms with van der Waals surface area (Å²) >= 11 is 0. The highest BCUT2D eigenvalue weighted by Crippen LogP contribution is 2.14. The minimum Gasteiger partial charge on any atom is -0.342 e. The number of carbonyl (C=O) groups excluding carboxylic acids is 2. The van der Waals surface area contributed by atoms with Gasteiger partial charge < -0.3 is 4.98 Å². The Morgan fingerprint density at radius 3 is 2.63 bits per heavy atom. The average molecular weight is 257 g/mol. The van der Waals surface area contributed by atoms with Crippen molar-refractivity contribution in [3.63, 3.8) is 0 Å². The highest BCUT2D eigenvalue weighted by atomic mass is 16.2. The molecule has 3 rings (SSSR count). The van der Waals surface area contributed by atoms with E-state index in [1.807, 2.05) is 24.3 Å². The number of piperidine rings is 1. The smallest absolute Gasteiger partial charge is 0.229 e. The maximum absolute atomic E-state index is 11.7. The van der Waals surface area contributed by atoms with Crippen molar-refractivity contribution < 1.29 is 9.59 Å². The normalized spacial score (nSPS) is 16.3. The standard InChI is InChI=1S/C14H15N3O2/c18-13-6-3-7-14(19)17(13)9-8-12-15-10-4-1-2-5-11(10)16-12/h1-2,4-5H,3,6-9H2,(H,15,16). The molecule has 19 heavy (non-hydrogen) atoms. The number of rotatable bonds is 3. The number of likely N-dealkylation sites (tertiary alicyclic amines) is 1. The molecule has 2 amide bonds. The molecule has 98 valence electrons. The molecular formula is C14H15N3O2. The molecule has 0 radical (unpaired) electrons. The maximum atomic E-state index is 11.7. The van der Waals surface area contributed by atoms with Gasteiger partial charge in [-0.05, 0) is 18.6 Å². The van der Waals surface area contributed by atoms with Crippen molar-refractivity contribution in [3.05, 3.63) is 30.1 Å². The molecule has 5 nitrogen and oxygen atoms in total. The lowest BCUT2D eigenvalue weighted by Gasteiger charge is -2.24. The van der Waals surface area contributed by atoms with E-state index in [-0.39, 0.29) is 11.8 Å². The van der Waals surface area contributed by atoms with Crippen LogP contribution in [0.2, 0.25) is 0 Å². The Labute approximate surface area is 110 Å². The van der Waals surface area contributed by atoms with Crippen LogP contribution >= 0.6 is 0 Å². The van der Waals surface area contributed by atoms with Gasteiger partial charge in [-0.2, -0.15) is 0 Å². The first-order valence-corrected chi connectivity index (χ1v) is 6.51. The molecule has 0 saturated carbocycles. The van der Waals surface area contributed by atoms with Gasteiger partial charge >= 0.3 is 0 Å². The highest BCUT2D eigenvalue weighted by Gasteiger charge is 2.25. The molecule has 2 aromatic rings. The summed E-state index contributed by atoms with van der Waals surface area (Å²) in [5, 5.41) is 0. The van der Waals surface area contributed by atoms with Gasteiger partial charge in [-0.3, -0.25) is 14.5 Å². The molecule has 1 aliphatic heterocycles. The van der Waals surface area contributed by atoms with Crippen molar-refractivity contribution >= 4 is 22.8 Å². The van der Waals surface area contributed by atoms with Gasteiger partial charge in [0.15, 0.2) is 0 Å². The molecule has 2 heterocycles. The number of amides is 2. The van der Waals surface area contributed by atoms with Crippen molar-refractivity contribution in [2.75, 3.05) is 6.54 Å². The van der Waals surface area contributed by atoms with Gasteiger partial charge in [0, 0.05) is 25.8 Å². The minimum atomic E-state index is -0.0626. The topological polar surface area (TPSA) is 66.1 Å². The second kappa shape index (κ2) is 4.84. The molecule has 1 fully saturated rings. The number of benzene rings is 1. The Hall–Kier alpha value is -2.17. The summed E-state index contributed by atoms with van der Waals surface area (Å²) in [6.45, 7) is 0.414.